The van der Waals surface area contributed by atoms with E-state index in [0.29, 0.717) is 6.33 Å². The van der Waals surface area contributed by atoms with Crippen LogP contribution in [0.1, 0.15) is 82.3 Å². The zero-order chi connectivity index (χ0) is 17.0. The molecule has 1 aliphatic carbocycles. The van der Waals surface area contributed by atoms with Crippen LogP contribution in [0, 0.1) is 11.8 Å². The summed E-state index contributed by atoms with van der Waals surface area (Å²) in [5.74, 6) is 1.97. The lowest BCUT2D eigenvalue weighted by Crippen LogP contribution is -2.15. The maximum Gasteiger partial charge on any atom is 0.0827 e. The molecule has 0 radical (unpaired) electrons. The summed E-state index contributed by atoms with van der Waals surface area (Å²) in [5, 5.41) is 0. The van der Waals surface area contributed by atoms with Crippen molar-refractivity contribution >= 4 is 0 Å². The van der Waals surface area contributed by atoms with Crippen molar-refractivity contribution < 1.29 is 4.39 Å². The lowest BCUT2D eigenvalue weighted by molar-refractivity contribution is 0.249. The van der Waals surface area contributed by atoms with E-state index in [-0.39, 0.29) is 0 Å². The predicted octanol–water partition coefficient (Wildman–Crippen LogP) is 7.42. The lowest BCUT2D eigenvalue weighted by Gasteiger charge is -2.28. The summed E-state index contributed by atoms with van der Waals surface area (Å²) in [6, 6.07) is 8.97. The first-order chi connectivity index (χ1) is 11.8. The molecule has 134 valence electrons. The maximum absolute atomic E-state index is 12.0. The third kappa shape index (κ3) is 7.20. The standard InChI is InChI=1S/C23H35F/c1-2-3-4-7-20-9-13-22(14-10-20)17-18-23-15-11-21(12-16-23)8-5-6-19-24/h6,11-12,15-16,19-20,22H,2-5,7-10,13-14,17-18H2,1H3/b19-6+. The number of halogens is 1. The molecule has 0 aromatic heterocycles. The van der Waals surface area contributed by atoms with E-state index in [4.69, 9.17) is 0 Å². The van der Waals surface area contributed by atoms with Crippen molar-refractivity contribution in [3.05, 3.63) is 47.8 Å². The van der Waals surface area contributed by atoms with Crippen LogP contribution in [-0.2, 0) is 12.8 Å². The molecule has 0 amide bonds. The Labute approximate surface area is 148 Å². The molecule has 0 atom stereocenters. The Hall–Kier alpha value is -1.11. The number of hydrogen-bond donors (Lipinski definition) is 0. The largest absolute Gasteiger partial charge is 0.216 e. The highest BCUT2D eigenvalue weighted by Crippen LogP contribution is 2.34. The van der Waals surface area contributed by atoms with Gasteiger partial charge in [-0.2, -0.15) is 0 Å². The van der Waals surface area contributed by atoms with E-state index in [1.807, 2.05) is 0 Å². The SMILES string of the molecule is CCCCCC1CCC(CCc2ccc(CC/C=C/F)cc2)CC1. The highest BCUT2D eigenvalue weighted by molar-refractivity contribution is 5.23. The highest BCUT2D eigenvalue weighted by Gasteiger charge is 2.20. The van der Waals surface area contributed by atoms with Gasteiger partial charge in [-0.25, -0.2) is 4.39 Å². The highest BCUT2D eigenvalue weighted by atomic mass is 19.1. The second-order valence-corrected chi connectivity index (χ2v) is 7.64. The first-order valence-corrected chi connectivity index (χ1v) is 10.1. The fourth-order valence-corrected chi connectivity index (χ4v) is 4.05. The normalized spacial score (nSPS) is 21.4. The van der Waals surface area contributed by atoms with Gasteiger partial charge in [-0.15, -0.1) is 0 Å². The molecule has 1 saturated carbocycles. The molecular weight excluding hydrogens is 295 g/mol. The molecule has 0 bridgehead atoms. The first kappa shape index (κ1) is 19.2. The Kier molecular flexibility index (Phi) is 9.16. The summed E-state index contributed by atoms with van der Waals surface area (Å²) in [6.45, 7) is 2.30. The molecule has 0 heterocycles. The molecule has 0 spiro atoms. The zero-order valence-electron chi connectivity index (χ0n) is 15.5. The Balaban J connectivity index is 1.63. The number of unbranched alkanes of at least 4 members (excludes halogenated alkanes) is 2. The van der Waals surface area contributed by atoms with Crippen molar-refractivity contribution in [1.82, 2.24) is 0 Å². The molecule has 1 aromatic rings. The van der Waals surface area contributed by atoms with Gasteiger partial charge in [-0.3, -0.25) is 0 Å². The molecule has 1 fully saturated rings. The van der Waals surface area contributed by atoms with E-state index in [1.165, 1.54) is 75.3 Å². The Bertz CT molecular complexity index is 451. The topological polar surface area (TPSA) is 0 Å². The van der Waals surface area contributed by atoms with Crippen LogP contribution >= 0.6 is 0 Å². The second kappa shape index (κ2) is 11.4. The van der Waals surface area contributed by atoms with Crippen LogP contribution in [0.15, 0.2) is 36.7 Å². The number of rotatable bonds is 10. The average molecular weight is 331 g/mol. The third-order valence-electron chi connectivity index (χ3n) is 5.74. The Morgan fingerprint density at radius 3 is 2.04 bits per heavy atom. The van der Waals surface area contributed by atoms with E-state index in [1.54, 1.807) is 6.08 Å². The zero-order valence-corrected chi connectivity index (χ0v) is 15.5. The molecule has 0 nitrogen and oxygen atoms in total. The van der Waals surface area contributed by atoms with Crippen molar-refractivity contribution in [3.8, 4) is 0 Å². The smallest absolute Gasteiger partial charge is 0.0827 e. The van der Waals surface area contributed by atoms with Crippen molar-refractivity contribution in [2.24, 2.45) is 11.8 Å². The Morgan fingerprint density at radius 2 is 1.46 bits per heavy atom. The van der Waals surface area contributed by atoms with Gasteiger partial charge in [0.05, 0.1) is 6.33 Å². The minimum Gasteiger partial charge on any atom is -0.216 e. The van der Waals surface area contributed by atoms with Gasteiger partial charge in [-0.1, -0.05) is 88.6 Å². The monoisotopic (exact) mass is 330 g/mol. The first-order valence-electron chi connectivity index (χ1n) is 10.1. The summed E-state index contributed by atoms with van der Waals surface area (Å²) in [5.41, 5.74) is 2.77. The number of allylic oxidation sites excluding steroid dienone is 1. The minimum atomic E-state index is 0.646. The van der Waals surface area contributed by atoms with Crippen LogP contribution in [0.4, 0.5) is 4.39 Å². The van der Waals surface area contributed by atoms with Gasteiger partial charge in [0.15, 0.2) is 0 Å². The molecule has 0 unspecified atom stereocenters. The molecular formula is C23H35F. The van der Waals surface area contributed by atoms with Gasteiger partial charge in [-0.05, 0) is 48.6 Å². The summed E-state index contributed by atoms with van der Waals surface area (Å²) in [6.07, 6.45) is 18.0. The predicted molar refractivity (Wildman–Crippen MR) is 103 cm³/mol. The van der Waals surface area contributed by atoms with Crippen LogP contribution in [0.5, 0.6) is 0 Å². The summed E-state index contributed by atoms with van der Waals surface area (Å²) < 4.78 is 12.0. The molecule has 1 aliphatic rings. The summed E-state index contributed by atoms with van der Waals surface area (Å²) >= 11 is 0. The Morgan fingerprint density at radius 1 is 0.875 bits per heavy atom. The lowest BCUT2D eigenvalue weighted by atomic mass is 9.78. The molecule has 0 aliphatic heterocycles. The van der Waals surface area contributed by atoms with Crippen LogP contribution < -0.4 is 0 Å². The van der Waals surface area contributed by atoms with Gasteiger partial charge in [0.25, 0.3) is 0 Å². The fourth-order valence-electron chi connectivity index (χ4n) is 4.05. The van der Waals surface area contributed by atoms with Crippen LogP contribution in [0.3, 0.4) is 0 Å². The second-order valence-electron chi connectivity index (χ2n) is 7.64. The number of benzene rings is 1. The van der Waals surface area contributed by atoms with Crippen molar-refractivity contribution in [3.63, 3.8) is 0 Å². The number of aryl methyl sites for hydroxylation is 2. The molecule has 1 heteroatoms. The number of hydrogen-bond acceptors (Lipinski definition) is 0. The van der Waals surface area contributed by atoms with Gasteiger partial charge < -0.3 is 0 Å². The maximum atomic E-state index is 12.0. The molecule has 2 rings (SSSR count). The molecule has 0 saturated heterocycles. The van der Waals surface area contributed by atoms with E-state index < -0.39 is 0 Å². The quantitative estimate of drug-likeness (QED) is 0.391. The fraction of sp³-hybridized carbons (Fsp3) is 0.652. The minimum absolute atomic E-state index is 0.646. The molecule has 0 N–H and O–H groups in total. The third-order valence-corrected chi connectivity index (χ3v) is 5.74. The summed E-state index contributed by atoms with van der Waals surface area (Å²) in [7, 11) is 0. The van der Waals surface area contributed by atoms with Gasteiger partial charge in [0.1, 0.15) is 0 Å². The van der Waals surface area contributed by atoms with Gasteiger partial charge in [0, 0.05) is 0 Å². The van der Waals surface area contributed by atoms with Crippen LogP contribution in [-0.4, -0.2) is 0 Å². The van der Waals surface area contributed by atoms with E-state index in [2.05, 4.69) is 31.2 Å². The average Bonchev–Trinajstić information content (AvgIpc) is 2.63. The van der Waals surface area contributed by atoms with Crippen molar-refractivity contribution in [2.45, 2.75) is 84.0 Å². The molecule has 1 aromatic carbocycles. The van der Waals surface area contributed by atoms with E-state index >= 15 is 0 Å². The van der Waals surface area contributed by atoms with E-state index in [9.17, 15) is 4.39 Å². The molecule has 24 heavy (non-hydrogen) atoms. The summed E-state index contributed by atoms with van der Waals surface area (Å²) in [4.78, 5) is 0. The van der Waals surface area contributed by atoms with Crippen molar-refractivity contribution in [2.75, 3.05) is 0 Å². The van der Waals surface area contributed by atoms with Crippen molar-refractivity contribution in [1.29, 1.82) is 0 Å². The van der Waals surface area contributed by atoms with Crippen LogP contribution in [0.25, 0.3) is 0 Å². The van der Waals surface area contributed by atoms with Crippen LogP contribution in [0.2, 0.25) is 0 Å². The van der Waals surface area contributed by atoms with E-state index in [0.717, 1.165) is 24.7 Å². The van der Waals surface area contributed by atoms with Gasteiger partial charge in [0.2, 0.25) is 0 Å². The van der Waals surface area contributed by atoms with Gasteiger partial charge >= 0.3 is 0 Å².